The summed E-state index contributed by atoms with van der Waals surface area (Å²) in [5.41, 5.74) is -0.211. The summed E-state index contributed by atoms with van der Waals surface area (Å²) in [5.74, 6) is -0.655. The normalized spacial score (nSPS) is 11.1. The van der Waals surface area contributed by atoms with Gasteiger partial charge < -0.3 is 4.42 Å². The summed E-state index contributed by atoms with van der Waals surface area (Å²) in [5, 5.41) is 0.682. The van der Waals surface area contributed by atoms with Crippen LogP contribution >= 0.6 is 27.5 Å². The molecule has 0 saturated heterocycles. The summed E-state index contributed by atoms with van der Waals surface area (Å²) >= 11 is 9.43. The highest BCUT2D eigenvalue weighted by Gasteiger charge is 2.13. The van der Waals surface area contributed by atoms with Crippen LogP contribution < -0.4 is 11.4 Å². The molecular weight excluding hydrogens is 334 g/mol. The molecule has 0 amide bonds. The number of unbranched alkanes of at least 4 members (excludes halogenated alkanes) is 2. The van der Waals surface area contributed by atoms with Gasteiger partial charge in [0.15, 0.2) is 0 Å². The highest BCUT2D eigenvalue weighted by molar-refractivity contribution is 9.10. The van der Waals surface area contributed by atoms with Gasteiger partial charge in [0.25, 0.3) is 0 Å². The Labute approximate surface area is 123 Å². The third kappa shape index (κ3) is 2.92. The number of halogens is 2. The van der Waals surface area contributed by atoms with Crippen LogP contribution in [0.15, 0.2) is 30.6 Å². The number of hydrogen-bond donors (Lipinski definition) is 0. The molecule has 0 unspecified atom stereocenters. The van der Waals surface area contributed by atoms with Crippen LogP contribution in [0.1, 0.15) is 26.2 Å². The lowest BCUT2D eigenvalue weighted by atomic mass is 10.2. The van der Waals surface area contributed by atoms with E-state index in [0.717, 1.165) is 19.3 Å². The van der Waals surface area contributed by atoms with Crippen molar-refractivity contribution in [2.24, 2.45) is 0 Å². The van der Waals surface area contributed by atoms with Crippen LogP contribution in [0.4, 0.5) is 0 Å². The van der Waals surface area contributed by atoms with E-state index in [1.807, 2.05) is 0 Å². The first-order valence-electron chi connectivity index (χ1n) is 6.07. The van der Waals surface area contributed by atoms with Gasteiger partial charge in [-0.1, -0.05) is 47.3 Å². The van der Waals surface area contributed by atoms with E-state index in [1.54, 1.807) is 12.1 Å². The third-order valence-corrected chi connectivity index (χ3v) is 3.65. The molecule has 4 nitrogen and oxygen atoms in total. The molecule has 6 heteroatoms. The minimum absolute atomic E-state index is 0.315. The van der Waals surface area contributed by atoms with Gasteiger partial charge >= 0.3 is 11.4 Å². The monoisotopic (exact) mass is 345 g/mol. The van der Waals surface area contributed by atoms with Crippen LogP contribution in [0.2, 0.25) is 5.02 Å². The molecule has 2 rings (SSSR count). The molecule has 19 heavy (non-hydrogen) atoms. The third-order valence-electron chi connectivity index (χ3n) is 2.90. The van der Waals surface area contributed by atoms with Crippen molar-refractivity contribution in [3.63, 3.8) is 0 Å². The molecule has 0 N–H and O–H groups in total. The van der Waals surface area contributed by atoms with E-state index >= 15 is 0 Å². The van der Waals surface area contributed by atoms with Crippen LogP contribution in [0.3, 0.4) is 0 Å². The van der Waals surface area contributed by atoms with Gasteiger partial charge in [-0.05, 0) is 18.6 Å². The highest BCUT2D eigenvalue weighted by atomic mass is 79.9. The van der Waals surface area contributed by atoms with Crippen LogP contribution in [-0.2, 0) is 6.54 Å². The fourth-order valence-corrected chi connectivity index (χ4v) is 2.91. The minimum atomic E-state index is -0.657. The Morgan fingerprint density at radius 3 is 2.74 bits per heavy atom. The second-order valence-electron chi connectivity index (χ2n) is 4.30. The van der Waals surface area contributed by atoms with Crippen molar-refractivity contribution in [1.82, 2.24) is 4.57 Å². The minimum Gasteiger partial charge on any atom is -0.372 e. The molecule has 1 heterocycles. The Kier molecular flexibility index (Phi) is 4.47. The first kappa shape index (κ1) is 14.3. The maximum atomic E-state index is 11.8. The zero-order chi connectivity index (χ0) is 14.0. The smallest absolute Gasteiger partial charge is 0.372 e. The molecule has 1 aromatic carbocycles. The van der Waals surface area contributed by atoms with E-state index in [-0.39, 0.29) is 0 Å². The van der Waals surface area contributed by atoms with Crippen LogP contribution in [0.25, 0.3) is 10.9 Å². The topological polar surface area (TPSA) is 52.2 Å². The van der Waals surface area contributed by atoms with Crippen molar-refractivity contribution in [2.45, 2.75) is 32.7 Å². The summed E-state index contributed by atoms with van der Waals surface area (Å²) in [6.45, 7) is 2.57. The molecule has 1 aromatic heterocycles. The number of benzene rings is 1. The zero-order valence-electron chi connectivity index (χ0n) is 10.4. The molecule has 0 spiro atoms. The van der Waals surface area contributed by atoms with Gasteiger partial charge in [0, 0.05) is 11.0 Å². The van der Waals surface area contributed by atoms with Crippen molar-refractivity contribution in [2.75, 3.05) is 0 Å². The number of fused-ring (bicyclic) bond motifs is 1. The van der Waals surface area contributed by atoms with Crippen LogP contribution in [0, 0.1) is 0 Å². The van der Waals surface area contributed by atoms with Gasteiger partial charge in [-0.25, -0.2) is 9.59 Å². The van der Waals surface area contributed by atoms with Crippen LogP contribution in [0.5, 0.6) is 0 Å². The van der Waals surface area contributed by atoms with Crippen molar-refractivity contribution < 1.29 is 4.42 Å². The van der Waals surface area contributed by atoms with E-state index < -0.39 is 11.4 Å². The Morgan fingerprint density at radius 2 is 2.05 bits per heavy atom. The van der Waals surface area contributed by atoms with Gasteiger partial charge in [-0.15, -0.1) is 0 Å². The van der Waals surface area contributed by atoms with Gasteiger partial charge in [0.2, 0.25) is 0 Å². The first-order valence-corrected chi connectivity index (χ1v) is 7.24. The average molecular weight is 347 g/mol. The SMILES string of the molecule is CCCCCn1c(=O)oc(=O)c2cc(Br)cc(Cl)c21. The molecule has 0 bridgehead atoms. The maximum Gasteiger partial charge on any atom is 0.422 e. The number of aromatic nitrogens is 1. The number of nitrogens with zero attached hydrogens (tertiary/aromatic N) is 1. The largest absolute Gasteiger partial charge is 0.422 e. The molecule has 0 aliphatic rings. The number of rotatable bonds is 4. The van der Waals surface area contributed by atoms with E-state index in [2.05, 4.69) is 22.9 Å². The molecule has 0 saturated carbocycles. The summed E-state index contributed by atoms with van der Waals surface area (Å²) in [6, 6.07) is 3.28. The van der Waals surface area contributed by atoms with E-state index in [9.17, 15) is 9.59 Å². The lowest BCUT2D eigenvalue weighted by Gasteiger charge is -2.09. The standard InChI is InChI=1S/C13H13BrClNO3/c1-2-3-4-5-16-11-9(12(17)19-13(16)18)6-8(14)7-10(11)15/h6-7H,2-5H2,1H3. The second-order valence-corrected chi connectivity index (χ2v) is 5.62. The van der Waals surface area contributed by atoms with Gasteiger partial charge in [0.05, 0.1) is 15.9 Å². The fraction of sp³-hybridized carbons (Fsp3) is 0.385. The van der Waals surface area contributed by atoms with Crippen molar-refractivity contribution in [1.29, 1.82) is 0 Å². The molecule has 102 valence electrons. The zero-order valence-corrected chi connectivity index (χ0v) is 12.8. The lowest BCUT2D eigenvalue weighted by molar-refractivity contribution is 0.410. The van der Waals surface area contributed by atoms with Crippen molar-refractivity contribution in [3.05, 3.63) is 42.6 Å². The Balaban J connectivity index is 2.68. The van der Waals surface area contributed by atoms with E-state index in [4.69, 9.17) is 16.0 Å². The van der Waals surface area contributed by atoms with E-state index in [0.29, 0.717) is 26.9 Å². The van der Waals surface area contributed by atoms with Crippen molar-refractivity contribution in [3.8, 4) is 0 Å². The number of hydrogen-bond acceptors (Lipinski definition) is 3. The van der Waals surface area contributed by atoms with E-state index in [1.165, 1.54) is 4.57 Å². The second kappa shape index (κ2) is 5.92. The summed E-state index contributed by atoms with van der Waals surface area (Å²) < 4.78 is 6.84. The quantitative estimate of drug-likeness (QED) is 0.795. The molecular formula is C13H13BrClNO3. The molecule has 0 radical (unpaired) electrons. The van der Waals surface area contributed by atoms with Gasteiger partial charge in [-0.3, -0.25) is 4.57 Å². The molecule has 0 aliphatic carbocycles. The predicted molar refractivity (Wildman–Crippen MR) is 79.0 cm³/mol. The Bertz CT molecular complexity index is 720. The predicted octanol–water partition coefficient (Wildman–Crippen LogP) is 3.56. The molecule has 0 fully saturated rings. The number of aryl methyl sites for hydroxylation is 1. The molecule has 0 atom stereocenters. The molecule has 2 aromatic rings. The summed E-state index contributed by atoms with van der Waals surface area (Å²) in [7, 11) is 0. The lowest BCUT2D eigenvalue weighted by Crippen LogP contribution is -2.25. The Hall–Kier alpha value is -1.07. The fourth-order valence-electron chi connectivity index (χ4n) is 2.00. The first-order chi connectivity index (χ1) is 9.04. The summed E-state index contributed by atoms with van der Waals surface area (Å²) in [4.78, 5) is 23.5. The van der Waals surface area contributed by atoms with Crippen molar-refractivity contribution >= 4 is 38.4 Å². The summed E-state index contributed by atoms with van der Waals surface area (Å²) in [6.07, 6.45) is 2.88. The van der Waals surface area contributed by atoms with Crippen LogP contribution in [-0.4, -0.2) is 4.57 Å². The van der Waals surface area contributed by atoms with Gasteiger partial charge in [0.1, 0.15) is 0 Å². The average Bonchev–Trinajstić information content (AvgIpc) is 2.33. The Morgan fingerprint density at radius 1 is 1.32 bits per heavy atom. The van der Waals surface area contributed by atoms with Gasteiger partial charge in [-0.2, -0.15) is 0 Å². The highest BCUT2D eigenvalue weighted by Crippen LogP contribution is 2.25. The molecule has 0 aliphatic heterocycles. The maximum absolute atomic E-state index is 11.8.